The number of nitrogens with zero attached hydrogens (tertiary/aromatic N) is 2. The molecule has 0 unspecified atom stereocenters. The molecule has 0 spiro atoms. The fourth-order valence-electron chi connectivity index (χ4n) is 3.42. The van der Waals surface area contributed by atoms with Crippen molar-refractivity contribution < 1.29 is 4.74 Å². The van der Waals surface area contributed by atoms with E-state index in [-0.39, 0.29) is 0 Å². The van der Waals surface area contributed by atoms with Gasteiger partial charge >= 0.3 is 0 Å². The Morgan fingerprint density at radius 3 is 2.57 bits per heavy atom. The molecule has 1 fully saturated rings. The number of ether oxygens (including phenoxy) is 1. The predicted octanol–water partition coefficient (Wildman–Crippen LogP) is 4.79. The SMILES string of the molecule is C/C=N\c1cc(CCCCN2CCCCC2)c(OC)cc1CC. The van der Waals surface area contributed by atoms with Gasteiger partial charge in [-0.3, -0.25) is 4.99 Å². The van der Waals surface area contributed by atoms with Crippen LogP contribution in [0, 0.1) is 0 Å². The standard InChI is InChI=1S/C20H32N2O/c1-4-17-16-20(23-3)18(15-19(17)21-5-2)11-7-10-14-22-12-8-6-9-13-22/h5,15-16H,4,6-14H2,1-3H3/b21-5-. The third-order valence-corrected chi connectivity index (χ3v) is 4.75. The topological polar surface area (TPSA) is 24.8 Å². The van der Waals surface area contributed by atoms with Gasteiger partial charge < -0.3 is 9.64 Å². The molecule has 1 aliphatic rings. The third kappa shape index (κ3) is 5.35. The van der Waals surface area contributed by atoms with Gasteiger partial charge in [-0.05, 0) is 88.3 Å². The lowest BCUT2D eigenvalue weighted by molar-refractivity contribution is 0.225. The molecule has 0 saturated carbocycles. The second kappa shape index (κ2) is 9.71. The van der Waals surface area contributed by atoms with Crippen molar-refractivity contribution in [3.05, 3.63) is 23.3 Å². The molecule has 0 aromatic heterocycles. The Hall–Kier alpha value is -1.35. The van der Waals surface area contributed by atoms with Crippen LogP contribution in [0.4, 0.5) is 5.69 Å². The van der Waals surface area contributed by atoms with E-state index in [1.165, 1.54) is 62.9 Å². The first-order valence-electron chi connectivity index (χ1n) is 9.19. The van der Waals surface area contributed by atoms with E-state index in [2.05, 4.69) is 28.9 Å². The Balaban J connectivity index is 1.93. The van der Waals surface area contributed by atoms with Crippen LogP contribution >= 0.6 is 0 Å². The molecule has 128 valence electrons. The molecule has 3 nitrogen and oxygen atoms in total. The number of aryl methyl sites for hydroxylation is 2. The summed E-state index contributed by atoms with van der Waals surface area (Å²) in [4.78, 5) is 7.15. The summed E-state index contributed by atoms with van der Waals surface area (Å²) in [6, 6.07) is 4.39. The zero-order chi connectivity index (χ0) is 16.5. The zero-order valence-electron chi connectivity index (χ0n) is 15.1. The van der Waals surface area contributed by atoms with Crippen LogP contribution in [0.2, 0.25) is 0 Å². The van der Waals surface area contributed by atoms with E-state index in [1.807, 2.05) is 13.1 Å². The summed E-state index contributed by atoms with van der Waals surface area (Å²) in [5.74, 6) is 1.02. The summed E-state index contributed by atoms with van der Waals surface area (Å²) in [6.07, 6.45) is 10.6. The largest absolute Gasteiger partial charge is 0.496 e. The van der Waals surface area contributed by atoms with Crippen LogP contribution in [-0.4, -0.2) is 37.9 Å². The van der Waals surface area contributed by atoms with Crippen LogP contribution in [0.25, 0.3) is 0 Å². The number of piperidine rings is 1. The summed E-state index contributed by atoms with van der Waals surface area (Å²) in [5, 5.41) is 0. The van der Waals surface area contributed by atoms with Gasteiger partial charge in [0.05, 0.1) is 12.8 Å². The smallest absolute Gasteiger partial charge is 0.122 e. The Kier molecular flexibility index (Phi) is 7.60. The fourth-order valence-corrected chi connectivity index (χ4v) is 3.42. The normalized spacial score (nSPS) is 16.1. The highest BCUT2D eigenvalue weighted by atomic mass is 16.5. The molecule has 23 heavy (non-hydrogen) atoms. The average Bonchev–Trinajstić information content (AvgIpc) is 2.60. The highest BCUT2D eigenvalue weighted by molar-refractivity contribution is 5.64. The van der Waals surface area contributed by atoms with Crippen LogP contribution in [-0.2, 0) is 12.8 Å². The number of hydrogen-bond donors (Lipinski definition) is 0. The Morgan fingerprint density at radius 1 is 1.13 bits per heavy atom. The first kappa shape index (κ1) is 18.0. The number of likely N-dealkylation sites (tertiary alicyclic amines) is 1. The molecule has 0 atom stereocenters. The quantitative estimate of drug-likeness (QED) is 0.509. The molecule has 3 heteroatoms. The Morgan fingerprint density at radius 2 is 1.91 bits per heavy atom. The van der Waals surface area contributed by atoms with Crippen LogP contribution in [0.15, 0.2) is 17.1 Å². The van der Waals surface area contributed by atoms with E-state index in [0.717, 1.165) is 24.3 Å². The van der Waals surface area contributed by atoms with E-state index >= 15 is 0 Å². The summed E-state index contributed by atoms with van der Waals surface area (Å²) in [6.45, 7) is 7.98. The minimum atomic E-state index is 0.984. The van der Waals surface area contributed by atoms with E-state index in [9.17, 15) is 0 Å². The molecule has 0 N–H and O–H groups in total. The summed E-state index contributed by atoms with van der Waals surface area (Å²) in [5.41, 5.74) is 3.66. The fraction of sp³-hybridized carbons (Fsp3) is 0.650. The van der Waals surface area contributed by atoms with Crippen molar-refractivity contribution in [1.82, 2.24) is 4.90 Å². The molecular formula is C20H32N2O. The van der Waals surface area contributed by atoms with Crippen molar-refractivity contribution in [2.24, 2.45) is 4.99 Å². The van der Waals surface area contributed by atoms with E-state index < -0.39 is 0 Å². The Bertz CT molecular complexity index is 505. The molecule has 1 heterocycles. The van der Waals surface area contributed by atoms with Crippen LogP contribution in [0.3, 0.4) is 0 Å². The molecular weight excluding hydrogens is 284 g/mol. The minimum Gasteiger partial charge on any atom is -0.496 e. The minimum absolute atomic E-state index is 0.984. The molecule has 1 aliphatic heterocycles. The summed E-state index contributed by atoms with van der Waals surface area (Å²) < 4.78 is 5.61. The number of rotatable bonds is 8. The van der Waals surface area contributed by atoms with Gasteiger partial charge in [0.1, 0.15) is 5.75 Å². The van der Waals surface area contributed by atoms with Crippen molar-refractivity contribution in [2.75, 3.05) is 26.7 Å². The maximum atomic E-state index is 5.61. The van der Waals surface area contributed by atoms with Gasteiger partial charge in [-0.25, -0.2) is 0 Å². The molecule has 1 aromatic carbocycles. The highest BCUT2D eigenvalue weighted by Gasteiger charge is 2.11. The van der Waals surface area contributed by atoms with Crippen molar-refractivity contribution >= 4 is 11.9 Å². The number of aliphatic imine (C=N–C) groups is 1. The van der Waals surface area contributed by atoms with Crippen molar-refractivity contribution in [3.63, 3.8) is 0 Å². The van der Waals surface area contributed by atoms with Crippen molar-refractivity contribution in [2.45, 2.75) is 58.8 Å². The molecule has 1 aromatic rings. The molecule has 2 rings (SSSR count). The first-order valence-corrected chi connectivity index (χ1v) is 9.19. The van der Waals surface area contributed by atoms with Crippen LogP contribution in [0.5, 0.6) is 5.75 Å². The number of hydrogen-bond acceptors (Lipinski definition) is 3. The lowest BCUT2D eigenvalue weighted by Gasteiger charge is -2.26. The molecule has 0 radical (unpaired) electrons. The molecule has 1 saturated heterocycles. The monoisotopic (exact) mass is 316 g/mol. The van der Waals surface area contributed by atoms with Gasteiger partial charge in [0, 0.05) is 6.21 Å². The second-order valence-electron chi connectivity index (χ2n) is 6.39. The van der Waals surface area contributed by atoms with E-state index in [0.29, 0.717) is 0 Å². The number of unbranched alkanes of at least 4 members (excludes halogenated alkanes) is 1. The summed E-state index contributed by atoms with van der Waals surface area (Å²) in [7, 11) is 1.77. The lowest BCUT2D eigenvalue weighted by Crippen LogP contribution is -2.30. The van der Waals surface area contributed by atoms with Gasteiger partial charge in [0.15, 0.2) is 0 Å². The maximum absolute atomic E-state index is 5.61. The van der Waals surface area contributed by atoms with Crippen molar-refractivity contribution in [1.29, 1.82) is 0 Å². The van der Waals surface area contributed by atoms with Crippen LogP contribution < -0.4 is 4.74 Å². The Labute approximate surface area is 141 Å². The number of benzene rings is 1. The predicted molar refractivity (Wildman–Crippen MR) is 99.4 cm³/mol. The van der Waals surface area contributed by atoms with Gasteiger partial charge in [0.25, 0.3) is 0 Å². The first-order chi connectivity index (χ1) is 11.3. The average molecular weight is 316 g/mol. The maximum Gasteiger partial charge on any atom is 0.122 e. The highest BCUT2D eigenvalue weighted by Crippen LogP contribution is 2.30. The molecule has 0 bridgehead atoms. The molecule has 0 aliphatic carbocycles. The zero-order valence-corrected chi connectivity index (χ0v) is 15.1. The van der Waals surface area contributed by atoms with E-state index in [1.54, 1.807) is 7.11 Å². The van der Waals surface area contributed by atoms with Gasteiger partial charge in [-0.2, -0.15) is 0 Å². The summed E-state index contributed by atoms with van der Waals surface area (Å²) >= 11 is 0. The number of methoxy groups -OCH3 is 1. The van der Waals surface area contributed by atoms with Gasteiger partial charge in [0.2, 0.25) is 0 Å². The molecule has 0 amide bonds. The van der Waals surface area contributed by atoms with Crippen molar-refractivity contribution in [3.8, 4) is 5.75 Å². The lowest BCUT2D eigenvalue weighted by atomic mass is 10.0. The van der Waals surface area contributed by atoms with Gasteiger partial charge in [-0.15, -0.1) is 0 Å². The van der Waals surface area contributed by atoms with Crippen LogP contribution in [0.1, 0.15) is 57.1 Å². The third-order valence-electron chi connectivity index (χ3n) is 4.75. The van der Waals surface area contributed by atoms with E-state index in [4.69, 9.17) is 4.74 Å². The second-order valence-corrected chi connectivity index (χ2v) is 6.39. The van der Waals surface area contributed by atoms with Gasteiger partial charge in [-0.1, -0.05) is 13.3 Å².